The predicted molar refractivity (Wildman–Crippen MR) is 45.2 cm³/mol. The first-order chi connectivity index (χ1) is 5.77. The highest BCUT2D eigenvalue weighted by atomic mass is 19.1. The minimum atomic E-state index is -0.354. The normalized spacial score (nSPS) is 10.8. The van der Waals surface area contributed by atoms with E-state index in [-0.39, 0.29) is 5.82 Å². The topological polar surface area (TPSA) is 32.6 Å². The number of hydrogen-bond donors (Lipinski definition) is 1. The Labute approximate surface area is 70.3 Å². The van der Waals surface area contributed by atoms with Crippen LogP contribution in [0.25, 0.3) is 0 Å². The van der Waals surface area contributed by atoms with Gasteiger partial charge < -0.3 is 5.21 Å². The predicted octanol–water partition coefficient (Wildman–Crippen LogP) is 2.20. The first-order valence-electron chi connectivity index (χ1n) is 3.73. The Morgan fingerprint density at radius 3 is 2.83 bits per heavy atom. The van der Waals surface area contributed by atoms with E-state index in [0.717, 1.165) is 18.2 Å². The molecular formula is C9H10FNO. The highest BCUT2D eigenvalue weighted by molar-refractivity contribution is 5.79. The van der Waals surface area contributed by atoms with Gasteiger partial charge in [0, 0.05) is 5.56 Å². The second kappa shape index (κ2) is 3.85. The Hall–Kier alpha value is -1.38. The summed E-state index contributed by atoms with van der Waals surface area (Å²) in [6, 6.07) is 4.84. The van der Waals surface area contributed by atoms with Crippen molar-refractivity contribution in [2.45, 2.75) is 13.3 Å². The third-order valence-corrected chi connectivity index (χ3v) is 1.67. The standard InChI is InChI=1S/C9H10FNO/c1-2-7-3-4-8(6-11-12)9(10)5-7/h3-6,12H,2H2,1H3. The van der Waals surface area contributed by atoms with Crippen LogP contribution in [-0.4, -0.2) is 11.4 Å². The van der Waals surface area contributed by atoms with E-state index < -0.39 is 0 Å². The lowest BCUT2D eigenvalue weighted by molar-refractivity contribution is 0.321. The summed E-state index contributed by atoms with van der Waals surface area (Å²) in [6.07, 6.45) is 1.88. The lowest BCUT2D eigenvalue weighted by Crippen LogP contribution is -1.90. The molecule has 0 fully saturated rings. The zero-order chi connectivity index (χ0) is 8.97. The summed E-state index contributed by atoms with van der Waals surface area (Å²) in [5.74, 6) is -0.354. The summed E-state index contributed by atoms with van der Waals surface area (Å²) in [4.78, 5) is 0. The van der Waals surface area contributed by atoms with Crippen LogP contribution in [0.5, 0.6) is 0 Å². The first kappa shape index (κ1) is 8.71. The van der Waals surface area contributed by atoms with E-state index in [1.807, 2.05) is 6.92 Å². The highest BCUT2D eigenvalue weighted by Gasteiger charge is 1.99. The van der Waals surface area contributed by atoms with E-state index in [4.69, 9.17) is 5.21 Å². The minimum Gasteiger partial charge on any atom is -0.411 e. The molecule has 0 spiro atoms. The molecule has 12 heavy (non-hydrogen) atoms. The maximum absolute atomic E-state index is 13.0. The van der Waals surface area contributed by atoms with Gasteiger partial charge >= 0.3 is 0 Å². The molecule has 0 radical (unpaired) electrons. The molecule has 64 valence electrons. The monoisotopic (exact) mass is 167 g/mol. The first-order valence-corrected chi connectivity index (χ1v) is 3.73. The molecule has 0 saturated carbocycles. The molecule has 0 saturated heterocycles. The van der Waals surface area contributed by atoms with Crippen molar-refractivity contribution in [2.24, 2.45) is 5.16 Å². The highest BCUT2D eigenvalue weighted by Crippen LogP contribution is 2.08. The van der Waals surface area contributed by atoms with E-state index in [9.17, 15) is 4.39 Å². The number of hydrogen-bond acceptors (Lipinski definition) is 2. The molecule has 2 nitrogen and oxygen atoms in total. The third kappa shape index (κ3) is 1.81. The molecule has 3 heteroatoms. The molecule has 0 heterocycles. The Kier molecular flexibility index (Phi) is 2.80. The largest absolute Gasteiger partial charge is 0.411 e. The lowest BCUT2D eigenvalue weighted by Gasteiger charge is -1.98. The Morgan fingerprint density at radius 1 is 1.58 bits per heavy atom. The number of nitrogens with zero attached hydrogens (tertiary/aromatic N) is 1. The zero-order valence-corrected chi connectivity index (χ0v) is 6.79. The van der Waals surface area contributed by atoms with E-state index >= 15 is 0 Å². The molecule has 1 aromatic carbocycles. The van der Waals surface area contributed by atoms with Crippen LogP contribution in [0.4, 0.5) is 4.39 Å². The second-order valence-corrected chi connectivity index (χ2v) is 2.45. The average molecular weight is 167 g/mol. The molecule has 0 aromatic heterocycles. The summed E-state index contributed by atoms with van der Waals surface area (Å²) in [6.45, 7) is 1.95. The van der Waals surface area contributed by atoms with Crippen molar-refractivity contribution in [3.8, 4) is 0 Å². The SMILES string of the molecule is CCc1ccc(C=NO)c(F)c1. The third-order valence-electron chi connectivity index (χ3n) is 1.67. The second-order valence-electron chi connectivity index (χ2n) is 2.45. The summed E-state index contributed by atoms with van der Waals surface area (Å²) < 4.78 is 13.0. The van der Waals surface area contributed by atoms with Crippen LogP contribution >= 0.6 is 0 Å². The smallest absolute Gasteiger partial charge is 0.132 e. The number of benzene rings is 1. The number of rotatable bonds is 2. The molecular weight excluding hydrogens is 157 g/mol. The zero-order valence-electron chi connectivity index (χ0n) is 6.79. The summed E-state index contributed by atoms with van der Waals surface area (Å²) in [7, 11) is 0. The number of oxime groups is 1. The van der Waals surface area contributed by atoms with Gasteiger partial charge in [-0.1, -0.05) is 24.2 Å². The van der Waals surface area contributed by atoms with Crippen molar-refractivity contribution < 1.29 is 9.60 Å². The van der Waals surface area contributed by atoms with Crippen molar-refractivity contribution in [3.63, 3.8) is 0 Å². The van der Waals surface area contributed by atoms with E-state index in [1.165, 1.54) is 6.07 Å². The van der Waals surface area contributed by atoms with Crippen molar-refractivity contribution in [1.82, 2.24) is 0 Å². The van der Waals surface area contributed by atoms with E-state index in [0.29, 0.717) is 5.56 Å². The molecule has 0 atom stereocenters. The fourth-order valence-corrected chi connectivity index (χ4v) is 0.957. The van der Waals surface area contributed by atoms with Crippen molar-refractivity contribution >= 4 is 6.21 Å². The van der Waals surface area contributed by atoms with Gasteiger partial charge in [0.25, 0.3) is 0 Å². The Morgan fingerprint density at radius 2 is 2.33 bits per heavy atom. The molecule has 0 aliphatic rings. The Bertz CT molecular complexity index is 297. The number of aryl methyl sites for hydroxylation is 1. The van der Waals surface area contributed by atoms with Gasteiger partial charge in [-0.15, -0.1) is 0 Å². The van der Waals surface area contributed by atoms with Gasteiger partial charge in [-0.3, -0.25) is 0 Å². The summed E-state index contributed by atoms with van der Waals surface area (Å²) in [5.41, 5.74) is 1.23. The van der Waals surface area contributed by atoms with Crippen molar-refractivity contribution in [3.05, 3.63) is 35.1 Å². The van der Waals surface area contributed by atoms with Crippen LogP contribution in [0, 0.1) is 5.82 Å². The molecule has 1 N–H and O–H groups in total. The van der Waals surface area contributed by atoms with Gasteiger partial charge in [0.2, 0.25) is 0 Å². The van der Waals surface area contributed by atoms with Crippen LogP contribution in [0.1, 0.15) is 18.1 Å². The molecule has 0 unspecified atom stereocenters. The molecule has 0 aliphatic carbocycles. The van der Waals surface area contributed by atoms with Crippen LogP contribution in [0.3, 0.4) is 0 Å². The minimum absolute atomic E-state index is 0.301. The van der Waals surface area contributed by atoms with Gasteiger partial charge in [-0.2, -0.15) is 0 Å². The van der Waals surface area contributed by atoms with E-state index in [1.54, 1.807) is 12.1 Å². The van der Waals surface area contributed by atoms with Gasteiger partial charge in [-0.25, -0.2) is 4.39 Å². The maximum atomic E-state index is 13.0. The fraction of sp³-hybridized carbons (Fsp3) is 0.222. The van der Waals surface area contributed by atoms with Gasteiger partial charge in [0.15, 0.2) is 0 Å². The molecule has 0 bridgehead atoms. The summed E-state index contributed by atoms with van der Waals surface area (Å²) >= 11 is 0. The van der Waals surface area contributed by atoms with Crippen LogP contribution in [0.2, 0.25) is 0 Å². The quantitative estimate of drug-likeness (QED) is 0.408. The maximum Gasteiger partial charge on any atom is 0.132 e. The van der Waals surface area contributed by atoms with Gasteiger partial charge in [-0.05, 0) is 18.1 Å². The van der Waals surface area contributed by atoms with Crippen LogP contribution in [-0.2, 0) is 6.42 Å². The molecule has 1 aromatic rings. The van der Waals surface area contributed by atoms with Crippen molar-refractivity contribution in [1.29, 1.82) is 0 Å². The molecule has 0 amide bonds. The van der Waals surface area contributed by atoms with Gasteiger partial charge in [0.05, 0.1) is 6.21 Å². The van der Waals surface area contributed by atoms with Crippen molar-refractivity contribution in [2.75, 3.05) is 0 Å². The fourth-order valence-electron chi connectivity index (χ4n) is 0.957. The number of halogens is 1. The average Bonchev–Trinajstić information content (AvgIpc) is 2.09. The summed E-state index contributed by atoms with van der Waals surface area (Å²) in [5, 5.41) is 10.9. The molecule has 0 aliphatic heterocycles. The molecule has 1 rings (SSSR count). The van der Waals surface area contributed by atoms with Gasteiger partial charge in [0.1, 0.15) is 5.82 Å². The van der Waals surface area contributed by atoms with Crippen LogP contribution < -0.4 is 0 Å². The van der Waals surface area contributed by atoms with E-state index in [2.05, 4.69) is 5.16 Å². The van der Waals surface area contributed by atoms with Crippen LogP contribution in [0.15, 0.2) is 23.4 Å². The lowest BCUT2D eigenvalue weighted by atomic mass is 10.1. The Balaban J connectivity index is 3.03.